The van der Waals surface area contributed by atoms with Crippen LogP contribution in [0.3, 0.4) is 0 Å². The number of anilines is 1. The third-order valence-electron chi connectivity index (χ3n) is 4.69. The fourth-order valence-corrected chi connectivity index (χ4v) is 3.53. The van der Waals surface area contributed by atoms with Crippen molar-refractivity contribution in [3.05, 3.63) is 82.1 Å². The normalized spacial score (nSPS) is 13.2. The summed E-state index contributed by atoms with van der Waals surface area (Å²) in [6.07, 6.45) is 4.40. The van der Waals surface area contributed by atoms with Crippen LogP contribution in [0.15, 0.2) is 60.9 Å². The summed E-state index contributed by atoms with van der Waals surface area (Å²) in [6.45, 7) is 1.25. The number of carbonyl (C=O) groups is 1. The molecule has 0 bridgehead atoms. The Hall–Kier alpha value is -2.56. The SMILES string of the molecule is O=C(Nc1ccc(Cl)c(Cl)c1)N1CCc2ccc(-c3ccncc3)cc2C1. The topological polar surface area (TPSA) is 45.2 Å². The maximum absolute atomic E-state index is 12.7. The van der Waals surface area contributed by atoms with Crippen LogP contribution in [0.25, 0.3) is 11.1 Å². The summed E-state index contributed by atoms with van der Waals surface area (Å²) in [6, 6.07) is 15.3. The lowest BCUT2D eigenvalue weighted by Crippen LogP contribution is -2.38. The highest BCUT2D eigenvalue weighted by Gasteiger charge is 2.21. The average molecular weight is 398 g/mol. The zero-order chi connectivity index (χ0) is 18.8. The predicted molar refractivity (Wildman–Crippen MR) is 109 cm³/mol. The number of nitrogens with one attached hydrogen (secondary N) is 1. The molecule has 2 heterocycles. The largest absolute Gasteiger partial charge is 0.322 e. The number of hydrogen-bond acceptors (Lipinski definition) is 2. The van der Waals surface area contributed by atoms with Gasteiger partial charge in [0.15, 0.2) is 0 Å². The number of halogens is 2. The van der Waals surface area contributed by atoms with Crippen molar-refractivity contribution in [2.24, 2.45) is 0 Å². The summed E-state index contributed by atoms with van der Waals surface area (Å²) >= 11 is 12.0. The Morgan fingerprint density at radius 1 is 0.926 bits per heavy atom. The maximum Gasteiger partial charge on any atom is 0.322 e. The van der Waals surface area contributed by atoms with E-state index in [2.05, 4.69) is 28.5 Å². The summed E-state index contributed by atoms with van der Waals surface area (Å²) in [5, 5.41) is 3.77. The monoisotopic (exact) mass is 397 g/mol. The third kappa shape index (κ3) is 3.92. The summed E-state index contributed by atoms with van der Waals surface area (Å²) < 4.78 is 0. The lowest BCUT2D eigenvalue weighted by Gasteiger charge is -2.29. The quantitative estimate of drug-likeness (QED) is 0.607. The Balaban J connectivity index is 1.51. The molecule has 3 aromatic rings. The van der Waals surface area contributed by atoms with Gasteiger partial charge in [-0.05, 0) is 65.1 Å². The highest BCUT2D eigenvalue weighted by Crippen LogP contribution is 2.28. The van der Waals surface area contributed by atoms with Crippen molar-refractivity contribution in [1.29, 1.82) is 0 Å². The van der Waals surface area contributed by atoms with Crippen molar-refractivity contribution in [2.45, 2.75) is 13.0 Å². The summed E-state index contributed by atoms with van der Waals surface area (Å²) in [7, 11) is 0. The van der Waals surface area contributed by atoms with Crippen LogP contribution < -0.4 is 5.32 Å². The van der Waals surface area contributed by atoms with Crippen molar-refractivity contribution in [3.63, 3.8) is 0 Å². The Bertz CT molecular complexity index is 992. The highest BCUT2D eigenvalue weighted by molar-refractivity contribution is 6.42. The van der Waals surface area contributed by atoms with Gasteiger partial charge in [0, 0.05) is 31.2 Å². The number of carbonyl (C=O) groups excluding carboxylic acids is 1. The fourth-order valence-electron chi connectivity index (χ4n) is 3.23. The van der Waals surface area contributed by atoms with Crippen LogP contribution in [0.4, 0.5) is 10.5 Å². The van der Waals surface area contributed by atoms with Gasteiger partial charge in [-0.25, -0.2) is 4.79 Å². The number of aromatic nitrogens is 1. The van der Waals surface area contributed by atoms with Gasteiger partial charge in [0.25, 0.3) is 0 Å². The van der Waals surface area contributed by atoms with Crippen LogP contribution in [-0.4, -0.2) is 22.5 Å². The van der Waals surface area contributed by atoms with Gasteiger partial charge >= 0.3 is 6.03 Å². The standard InChI is InChI=1S/C21H17Cl2N3O/c22-19-4-3-18(12-20(19)23)25-21(27)26-10-7-14-1-2-16(11-17(14)13-26)15-5-8-24-9-6-15/h1-6,8-9,11-12H,7,10,13H2,(H,25,27). The molecule has 0 aliphatic carbocycles. The molecule has 1 N–H and O–H groups in total. The molecule has 1 aliphatic heterocycles. The molecule has 1 aliphatic rings. The summed E-state index contributed by atoms with van der Waals surface area (Å²) in [4.78, 5) is 18.5. The molecule has 1 aromatic heterocycles. The molecule has 27 heavy (non-hydrogen) atoms. The molecule has 6 heteroatoms. The van der Waals surface area contributed by atoms with Gasteiger partial charge in [-0.3, -0.25) is 4.98 Å². The number of fused-ring (bicyclic) bond motifs is 1. The van der Waals surface area contributed by atoms with E-state index in [-0.39, 0.29) is 6.03 Å². The van der Waals surface area contributed by atoms with Crippen molar-refractivity contribution in [2.75, 3.05) is 11.9 Å². The molecule has 0 fully saturated rings. The lowest BCUT2D eigenvalue weighted by molar-refractivity contribution is 0.206. The number of benzene rings is 2. The zero-order valence-corrected chi connectivity index (χ0v) is 16.0. The molecule has 0 saturated carbocycles. The van der Waals surface area contributed by atoms with Crippen LogP contribution >= 0.6 is 23.2 Å². The Kier molecular flexibility index (Phi) is 5.01. The van der Waals surface area contributed by atoms with Gasteiger partial charge in [-0.2, -0.15) is 0 Å². The van der Waals surface area contributed by atoms with Crippen LogP contribution in [-0.2, 0) is 13.0 Å². The van der Waals surface area contributed by atoms with E-state index >= 15 is 0 Å². The van der Waals surface area contributed by atoms with Gasteiger partial charge in [-0.1, -0.05) is 35.3 Å². The highest BCUT2D eigenvalue weighted by atomic mass is 35.5. The minimum atomic E-state index is -0.145. The first-order valence-corrected chi connectivity index (χ1v) is 9.39. The van der Waals surface area contributed by atoms with E-state index in [0.717, 1.165) is 17.5 Å². The minimum Gasteiger partial charge on any atom is -0.320 e. The van der Waals surface area contributed by atoms with E-state index in [1.54, 1.807) is 35.5 Å². The Labute approximate surface area is 167 Å². The average Bonchev–Trinajstić information content (AvgIpc) is 2.70. The fraction of sp³-hybridized carbons (Fsp3) is 0.143. The van der Waals surface area contributed by atoms with Crippen molar-refractivity contribution in [1.82, 2.24) is 9.88 Å². The second-order valence-corrected chi connectivity index (χ2v) is 7.26. The van der Waals surface area contributed by atoms with E-state index in [1.165, 1.54) is 11.1 Å². The molecule has 4 nitrogen and oxygen atoms in total. The Morgan fingerprint density at radius 3 is 2.52 bits per heavy atom. The second-order valence-electron chi connectivity index (χ2n) is 6.45. The maximum atomic E-state index is 12.7. The molecule has 0 atom stereocenters. The summed E-state index contributed by atoms with van der Waals surface area (Å²) in [5.41, 5.74) is 5.32. The van der Waals surface area contributed by atoms with E-state index < -0.39 is 0 Å². The molecule has 136 valence electrons. The van der Waals surface area contributed by atoms with E-state index in [0.29, 0.717) is 28.8 Å². The molecular weight excluding hydrogens is 381 g/mol. The zero-order valence-electron chi connectivity index (χ0n) is 14.5. The van der Waals surface area contributed by atoms with E-state index in [9.17, 15) is 4.79 Å². The first kappa shape index (κ1) is 17.8. The molecule has 2 amide bonds. The number of urea groups is 1. The smallest absolute Gasteiger partial charge is 0.320 e. The van der Waals surface area contributed by atoms with Gasteiger partial charge in [-0.15, -0.1) is 0 Å². The molecule has 0 saturated heterocycles. The molecule has 0 radical (unpaired) electrons. The number of hydrogen-bond donors (Lipinski definition) is 1. The Morgan fingerprint density at radius 2 is 1.74 bits per heavy atom. The number of pyridine rings is 1. The van der Waals surface area contributed by atoms with E-state index in [4.69, 9.17) is 23.2 Å². The van der Waals surface area contributed by atoms with Gasteiger partial charge in [0.2, 0.25) is 0 Å². The van der Waals surface area contributed by atoms with Crippen LogP contribution in [0.2, 0.25) is 10.0 Å². The lowest BCUT2D eigenvalue weighted by atomic mass is 9.95. The summed E-state index contributed by atoms with van der Waals surface area (Å²) in [5.74, 6) is 0. The van der Waals surface area contributed by atoms with Crippen molar-refractivity contribution < 1.29 is 4.79 Å². The first-order valence-electron chi connectivity index (χ1n) is 8.63. The first-order chi connectivity index (χ1) is 13.1. The van der Waals surface area contributed by atoms with Gasteiger partial charge < -0.3 is 10.2 Å². The molecule has 0 unspecified atom stereocenters. The number of nitrogens with zero attached hydrogens (tertiary/aromatic N) is 2. The number of amides is 2. The van der Waals surface area contributed by atoms with Crippen molar-refractivity contribution >= 4 is 34.9 Å². The molecule has 4 rings (SSSR count). The third-order valence-corrected chi connectivity index (χ3v) is 5.43. The molecular formula is C21H17Cl2N3O. The van der Waals surface area contributed by atoms with Crippen molar-refractivity contribution in [3.8, 4) is 11.1 Å². The van der Waals surface area contributed by atoms with Crippen LogP contribution in [0.1, 0.15) is 11.1 Å². The van der Waals surface area contributed by atoms with Crippen LogP contribution in [0, 0.1) is 0 Å². The molecule has 0 spiro atoms. The van der Waals surface area contributed by atoms with Gasteiger partial charge in [0.1, 0.15) is 0 Å². The molecule has 2 aromatic carbocycles. The van der Waals surface area contributed by atoms with E-state index in [1.807, 2.05) is 12.1 Å². The van der Waals surface area contributed by atoms with Crippen LogP contribution in [0.5, 0.6) is 0 Å². The second kappa shape index (κ2) is 7.59. The number of rotatable bonds is 2. The van der Waals surface area contributed by atoms with Gasteiger partial charge in [0.05, 0.1) is 10.0 Å². The minimum absolute atomic E-state index is 0.145. The predicted octanol–water partition coefficient (Wildman–Crippen LogP) is 5.65.